The number of halogens is 1. The Bertz CT molecular complexity index is 398. The molecule has 2 unspecified atom stereocenters. The Balaban J connectivity index is 2.07. The van der Waals surface area contributed by atoms with Gasteiger partial charge in [-0.2, -0.15) is 0 Å². The van der Waals surface area contributed by atoms with E-state index in [0.717, 1.165) is 12.8 Å². The highest BCUT2D eigenvalue weighted by Crippen LogP contribution is 2.28. The van der Waals surface area contributed by atoms with Gasteiger partial charge in [0.05, 0.1) is 0 Å². The highest BCUT2D eigenvalue weighted by molar-refractivity contribution is 14.1. The average molecular weight is 372 g/mol. The Kier molecular flexibility index (Phi) is 5.26. The van der Waals surface area contributed by atoms with Gasteiger partial charge in [0.15, 0.2) is 0 Å². The Morgan fingerprint density at radius 2 is 1.84 bits per heavy atom. The maximum atomic E-state index is 6.57. The Morgan fingerprint density at radius 1 is 1.26 bits per heavy atom. The zero-order chi connectivity index (χ0) is 13.9. The zero-order valence-corrected chi connectivity index (χ0v) is 14.2. The predicted octanol–water partition coefficient (Wildman–Crippen LogP) is 3.43. The van der Waals surface area contributed by atoms with Crippen LogP contribution in [0.3, 0.4) is 0 Å². The van der Waals surface area contributed by atoms with E-state index in [2.05, 4.69) is 65.6 Å². The third-order valence-electron chi connectivity index (χ3n) is 4.71. The van der Waals surface area contributed by atoms with Gasteiger partial charge in [0, 0.05) is 15.2 Å². The van der Waals surface area contributed by atoms with Crippen LogP contribution in [0.1, 0.15) is 38.7 Å². The molecule has 0 bridgehead atoms. The van der Waals surface area contributed by atoms with E-state index in [-0.39, 0.29) is 11.6 Å². The van der Waals surface area contributed by atoms with Gasteiger partial charge in [-0.25, -0.2) is 0 Å². The highest BCUT2D eigenvalue weighted by Gasteiger charge is 2.37. The predicted molar refractivity (Wildman–Crippen MR) is 90.3 cm³/mol. The lowest BCUT2D eigenvalue weighted by atomic mass is 9.84. The molecule has 2 N–H and O–H groups in total. The molecular weight excluding hydrogens is 347 g/mol. The van der Waals surface area contributed by atoms with Crippen LogP contribution in [-0.2, 0) is 6.42 Å². The van der Waals surface area contributed by atoms with Crippen molar-refractivity contribution in [2.45, 2.75) is 51.1 Å². The first-order chi connectivity index (χ1) is 9.06. The van der Waals surface area contributed by atoms with Crippen molar-refractivity contribution in [3.8, 4) is 0 Å². The van der Waals surface area contributed by atoms with Crippen molar-refractivity contribution in [3.63, 3.8) is 0 Å². The van der Waals surface area contributed by atoms with Crippen molar-refractivity contribution in [1.82, 2.24) is 4.90 Å². The first kappa shape index (κ1) is 15.3. The molecule has 106 valence electrons. The summed E-state index contributed by atoms with van der Waals surface area (Å²) in [4.78, 5) is 2.60. The van der Waals surface area contributed by atoms with Crippen molar-refractivity contribution >= 4 is 22.6 Å². The van der Waals surface area contributed by atoms with Gasteiger partial charge in [-0.15, -0.1) is 0 Å². The van der Waals surface area contributed by atoms with Crippen LogP contribution in [0.25, 0.3) is 0 Å². The molecule has 19 heavy (non-hydrogen) atoms. The summed E-state index contributed by atoms with van der Waals surface area (Å²) in [6.45, 7) is 7.04. The van der Waals surface area contributed by atoms with Gasteiger partial charge in [-0.05, 0) is 86.0 Å². The molecular formula is C16H25IN2. The van der Waals surface area contributed by atoms with Crippen LogP contribution in [-0.4, -0.2) is 29.6 Å². The van der Waals surface area contributed by atoms with Crippen molar-refractivity contribution in [2.24, 2.45) is 5.73 Å². The lowest BCUT2D eigenvalue weighted by Crippen LogP contribution is -2.57. The molecule has 0 radical (unpaired) electrons. The molecule has 1 aromatic carbocycles. The Labute approximate surface area is 130 Å². The smallest absolute Gasteiger partial charge is 0.0332 e. The molecule has 1 aromatic rings. The maximum absolute atomic E-state index is 6.57. The molecule has 0 amide bonds. The molecule has 1 aliphatic heterocycles. The van der Waals surface area contributed by atoms with E-state index in [4.69, 9.17) is 5.73 Å². The third kappa shape index (κ3) is 3.50. The van der Waals surface area contributed by atoms with E-state index in [1.165, 1.54) is 35.1 Å². The first-order valence-electron chi connectivity index (χ1n) is 7.31. The fourth-order valence-corrected chi connectivity index (χ4v) is 3.40. The van der Waals surface area contributed by atoms with E-state index in [9.17, 15) is 0 Å². The number of hydrogen-bond acceptors (Lipinski definition) is 2. The van der Waals surface area contributed by atoms with Gasteiger partial charge in [0.2, 0.25) is 0 Å². The minimum Gasteiger partial charge on any atom is -0.326 e. The van der Waals surface area contributed by atoms with Crippen molar-refractivity contribution in [2.75, 3.05) is 13.1 Å². The van der Waals surface area contributed by atoms with Gasteiger partial charge in [0.25, 0.3) is 0 Å². The molecule has 0 saturated carbocycles. The van der Waals surface area contributed by atoms with E-state index >= 15 is 0 Å². The summed E-state index contributed by atoms with van der Waals surface area (Å²) in [6.07, 6.45) is 4.74. The minimum absolute atomic E-state index is 0.138. The van der Waals surface area contributed by atoms with Gasteiger partial charge in [-0.3, -0.25) is 4.90 Å². The molecule has 0 aromatic heterocycles. The van der Waals surface area contributed by atoms with E-state index in [1.807, 2.05) is 0 Å². The monoisotopic (exact) mass is 372 g/mol. The van der Waals surface area contributed by atoms with Crippen LogP contribution in [0.15, 0.2) is 24.3 Å². The normalized spacial score (nSPS) is 21.3. The number of benzene rings is 1. The second-order valence-electron chi connectivity index (χ2n) is 5.84. The maximum Gasteiger partial charge on any atom is 0.0332 e. The average Bonchev–Trinajstić information content (AvgIpc) is 2.95. The summed E-state index contributed by atoms with van der Waals surface area (Å²) in [5.74, 6) is 0. The lowest BCUT2D eigenvalue weighted by molar-refractivity contribution is 0.0999. The fourth-order valence-electron chi connectivity index (χ4n) is 3.04. The molecule has 0 aliphatic carbocycles. The van der Waals surface area contributed by atoms with Gasteiger partial charge in [-0.1, -0.05) is 19.1 Å². The van der Waals surface area contributed by atoms with Crippen molar-refractivity contribution in [1.29, 1.82) is 0 Å². The van der Waals surface area contributed by atoms with Crippen molar-refractivity contribution < 1.29 is 0 Å². The molecule has 2 nitrogen and oxygen atoms in total. The summed E-state index contributed by atoms with van der Waals surface area (Å²) in [5, 5.41) is 0. The van der Waals surface area contributed by atoms with E-state index in [1.54, 1.807) is 0 Å². The lowest BCUT2D eigenvalue weighted by Gasteiger charge is -2.43. The van der Waals surface area contributed by atoms with Gasteiger partial charge >= 0.3 is 0 Å². The second-order valence-corrected chi connectivity index (χ2v) is 7.09. The fraction of sp³-hybridized carbons (Fsp3) is 0.625. The molecule has 1 aliphatic rings. The topological polar surface area (TPSA) is 29.3 Å². The highest BCUT2D eigenvalue weighted by atomic mass is 127. The standard InChI is InChI=1S/C16H25IN2/c1-3-16(2,19-10-4-5-11-19)15(18)12-13-6-8-14(17)9-7-13/h6-9,15H,3-5,10-12,18H2,1-2H3. The Morgan fingerprint density at radius 3 is 2.37 bits per heavy atom. The summed E-state index contributed by atoms with van der Waals surface area (Å²) in [5.41, 5.74) is 8.06. The summed E-state index contributed by atoms with van der Waals surface area (Å²) < 4.78 is 1.28. The Hall–Kier alpha value is -0.130. The molecule has 3 heteroatoms. The molecule has 1 saturated heterocycles. The second kappa shape index (κ2) is 6.55. The first-order valence-corrected chi connectivity index (χ1v) is 8.39. The number of likely N-dealkylation sites (tertiary alicyclic amines) is 1. The quantitative estimate of drug-likeness (QED) is 0.803. The molecule has 1 fully saturated rings. The number of rotatable bonds is 5. The summed E-state index contributed by atoms with van der Waals surface area (Å²) in [6, 6.07) is 8.96. The van der Waals surface area contributed by atoms with Gasteiger partial charge in [0.1, 0.15) is 0 Å². The van der Waals surface area contributed by atoms with Crippen LogP contribution in [0.2, 0.25) is 0 Å². The van der Waals surface area contributed by atoms with Crippen LogP contribution in [0, 0.1) is 3.57 Å². The van der Waals surface area contributed by atoms with Crippen LogP contribution < -0.4 is 5.73 Å². The number of hydrogen-bond donors (Lipinski definition) is 1. The number of nitrogens with two attached hydrogens (primary N) is 1. The van der Waals surface area contributed by atoms with E-state index < -0.39 is 0 Å². The minimum atomic E-state index is 0.138. The molecule has 2 rings (SSSR count). The third-order valence-corrected chi connectivity index (χ3v) is 5.43. The molecule has 1 heterocycles. The summed E-state index contributed by atoms with van der Waals surface area (Å²) >= 11 is 2.35. The largest absolute Gasteiger partial charge is 0.326 e. The van der Waals surface area contributed by atoms with Crippen LogP contribution in [0.4, 0.5) is 0 Å². The molecule has 0 spiro atoms. The SMILES string of the molecule is CCC(C)(C(N)Cc1ccc(I)cc1)N1CCCC1. The van der Waals surface area contributed by atoms with Crippen molar-refractivity contribution in [3.05, 3.63) is 33.4 Å². The zero-order valence-electron chi connectivity index (χ0n) is 12.0. The van der Waals surface area contributed by atoms with Crippen LogP contribution >= 0.6 is 22.6 Å². The van der Waals surface area contributed by atoms with Gasteiger partial charge < -0.3 is 5.73 Å². The van der Waals surface area contributed by atoms with Crippen LogP contribution in [0.5, 0.6) is 0 Å². The number of nitrogens with zero attached hydrogens (tertiary/aromatic N) is 1. The summed E-state index contributed by atoms with van der Waals surface area (Å²) in [7, 11) is 0. The molecule has 2 atom stereocenters. The van der Waals surface area contributed by atoms with E-state index in [0.29, 0.717) is 0 Å².